The van der Waals surface area contributed by atoms with Gasteiger partial charge in [0.25, 0.3) is 11.1 Å². The SMILES string of the molecule is COC(=O)c1cc(NC(=O)CN2C(=O)S/C(=C/c3ccccc3OCc3ccc(Cl)cc3Cl)C2=O)ccc1Cl. The number of nitrogens with zero attached hydrogens (tertiary/aromatic N) is 1. The van der Waals surface area contributed by atoms with Crippen LogP contribution in [0.3, 0.4) is 0 Å². The van der Waals surface area contributed by atoms with E-state index in [0.29, 0.717) is 33.1 Å². The Morgan fingerprint density at radius 1 is 1.00 bits per heavy atom. The Morgan fingerprint density at radius 2 is 1.77 bits per heavy atom. The lowest BCUT2D eigenvalue weighted by Crippen LogP contribution is -2.36. The number of thioether (sulfide) groups is 1. The number of amides is 3. The van der Waals surface area contributed by atoms with E-state index < -0.39 is 29.6 Å². The van der Waals surface area contributed by atoms with Crippen molar-refractivity contribution < 1.29 is 28.7 Å². The van der Waals surface area contributed by atoms with Gasteiger partial charge in [0, 0.05) is 26.9 Å². The summed E-state index contributed by atoms with van der Waals surface area (Å²) < 4.78 is 10.6. The highest BCUT2D eigenvalue weighted by molar-refractivity contribution is 8.18. The van der Waals surface area contributed by atoms with E-state index in [4.69, 9.17) is 39.5 Å². The van der Waals surface area contributed by atoms with Crippen molar-refractivity contribution in [3.05, 3.63) is 97.3 Å². The van der Waals surface area contributed by atoms with Crippen LogP contribution in [-0.4, -0.2) is 41.6 Å². The van der Waals surface area contributed by atoms with Crippen molar-refractivity contribution in [2.24, 2.45) is 0 Å². The summed E-state index contributed by atoms with van der Waals surface area (Å²) in [6.45, 7) is -0.365. The van der Waals surface area contributed by atoms with Crippen LogP contribution in [0.25, 0.3) is 6.08 Å². The van der Waals surface area contributed by atoms with Gasteiger partial charge in [-0.3, -0.25) is 19.3 Å². The van der Waals surface area contributed by atoms with Crippen LogP contribution in [0.4, 0.5) is 10.5 Å². The van der Waals surface area contributed by atoms with Crippen LogP contribution in [-0.2, 0) is 20.9 Å². The number of carbonyl (C=O) groups is 4. The number of halogens is 3. The number of hydrogen-bond acceptors (Lipinski definition) is 7. The quantitative estimate of drug-likeness (QED) is 0.226. The van der Waals surface area contributed by atoms with Crippen molar-refractivity contribution in [2.75, 3.05) is 19.0 Å². The highest BCUT2D eigenvalue weighted by Crippen LogP contribution is 2.34. The van der Waals surface area contributed by atoms with E-state index in [0.717, 1.165) is 10.5 Å². The number of carbonyl (C=O) groups excluding carboxylic acids is 4. The molecule has 0 atom stereocenters. The van der Waals surface area contributed by atoms with Crippen molar-refractivity contribution >= 4 is 81.4 Å². The molecule has 1 N–H and O–H groups in total. The van der Waals surface area contributed by atoms with Crippen LogP contribution in [0.5, 0.6) is 5.75 Å². The molecule has 200 valence electrons. The van der Waals surface area contributed by atoms with Crippen molar-refractivity contribution in [3.8, 4) is 5.75 Å². The topological polar surface area (TPSA) is 102 Å². The average molecular weight is 606 g/mol. The molecule has 3 aromatic rings. The van der Waals surface area contributed by atoms with Gasteiger partial charge in [-0.15, -0.1) is 0 Å². The van der Waals surface area contributed by atoms with Crippen LogP contribution in [0.15, 0.2) is 65.6 Å². The summed E-state index contributed by atoms with van der Waals surface area (Å²) in [4.78, 5) is 51.0. The largest absolute Gasteiger partial charge is 0.488 e. The lowest BCUT2D eigenvalue weighted by molar-refractivity contribution is -0.127. The van der Waals surface area contributed by atoms with E-state index >= 15 is 0 Å². The van der Waals surface area contributed by atoms with Gasteiger partial charge in [0.05, 0.1) is 22.6 Å². The third-order valence-corrected chi connectivity index (χ3v) is 7.26. The van der Waals surface area contributed by atoms with E-state index in [1.54, 1.807) is 42.5 Å². The predicted molar refractivity (Wildman–Crippen MR) is 151 cm³/mol. The number of methoxy groups -OCH3 is 1. The Labute approximate surface area is 242 Å². The Bertz CT molecular complexity index is 1510. The fraction of sp³-hybridized carbons (Fsp3) is 0.111. The number of ether oxygens (including phenoxy) is 2. The van der Waals surface area contributed by atoms with Gasteiger partial charge in [-0.05, 0) is 54.2 Å². The maximum Gasteiger partial charge on any atom is 0.339 e. The van der Waals surface area contributed by atoms with Crippen LogP contribution in [0.2, 0.25) is 15.1 Å². The van der Waals surface area contributed by atoms with Gasteiger partial charge in [-0.25, -0.2) is 4.79 Å². The molecule has 0 aliphatic carbocycles. The standard InChI is InChI=1S/C27H19Cl3N2O6S/c1-37-26(35)19-12-18(8-9-20(19)29)31-24(33)13-32-25(34)23(39-27(32)36)10-15-4-2-3-5-22(15)38-14-16-6-7-17(28)11-21(16)30/h2-12H,13-14H2,1H3,(H,31,33)/b23-10+. The molecule has 0 aromatic heterocycles. The van der Waals surface area contributed by atoms with Crippen molar-refractivity contribution in [2.45, 2.75) is 6.61 Å². The number of rotatable bonds is 8. The molecule has 1 heterocycles. The molecule has 12 heteroatoms. The summed E-state index contributed by atoms with van der Waals surface area (Å²) in [6, 6.07) is 16.3. The Hall–Kier alpha value is -3.50. The predicted octanol–water partition coefficient (Wildman–Crippen LogP) is 6.69. The Morgan fingerprint density at radius 3 is 2.51 bits per heavy atom. The van der Waals surface area contributed by atoms with Crippen LogP contribution in [0.1, 0.15) is 21.5 Å². The number of anilines is 1. The average Bonchev–Trinajstić information content (AvgIpc) is 3.16. The first-order chi connectivity index (χ1) is 18.7. The molecule has 0 saturated carbocycles. The molecule has 1 saturated heterocycles. The fourth-order valence-corrected chi connectivity index (χ4v) is 5.00. The zero-order valence-electron chi connectivity index (χ0n) is 20.2. The molecule has 8 nitrogen and oxygen atoms in total. The zero-order valence-corrected chi connectivity index (χ0v) is 23.3. The van der Waals surface area contributed by atoms with E-state index in [9.17, 15) is 19.2 Å². The fourth-order valence-electron chi connectivity index (χ4n) is 3.52. The molecule has 4 rings (SSSR count). The number of hydrogen-bond donors (Lipinski definition) is 1. The van der Waals surface area contributed by atoms with Crippen LogP contribution in [0, 0.1) is 0 Å². The number of para-hydroxylation sites is 1. The lowest BCUT2D eigenvalue weighted by Gasteiger charge is -2.13. The molecule has 0 unspecified atom stereocenters. The first kappa shape index (κ1) is 28.5. The Kier molecular flexibility index (Phi) is 9.19. The minimum Gasteiger partial charge on any atom is -0.488 e. The van der Waals surface area contributed by atoms with Gasteiger partial charge in [0.1, 0.15) is 18.9 Å². The minimum absolute atomic E-state index is 0.0604. The van der Waals surface area contributed by atoms with Crippen molar-refractivity contribution in [3.63, 3.8) is 0 Å². The first-order valence-corrected chi connectivity index (χ1v) is 13.2. The van der Waals surface area contributed by atoms with Gasteiger partial charge in [-0.1, -0.05) is 59.1 Å². The van der Waals surface area contributed by atoms with E-state index in [-0.39, 0.29) is 27.8 Å². The van der Waals surface area contributed by atoms with Crippen molar-refractivity contribution in [1.82, 2.24) is 4.90 Å². The summed E-state index contributed by atoms with van der Waals surface area (Å²) in [7, 11) is 1.21. The Balaban J connectivity index is 1.45. The molecule has 1 aliphatic heterocycles. The second-order valence-corrected chi connectivity index (χ2v) is 10.3. The molecule has 1 aliphatic rings. The third-order valence-electron chi connectivity index (χ3n) is 5.43. The molecular weight excluding hydrogens is 587 g/mol. The summed E-state index contributed by atoms with van der Waals surface area (Å²) in [5.74, 6) is -1.47. The molecule has 1 fully saturated rings. The van der Waals surface area contributed by atoms with E-state index in [2.05, 4.69) is 10.1 Å². The van der Waals surface area contributed by atoms with E-state index in [1.807, 2.05) is 0 Å². The second-order valence-electron chi connectivity index (χ2n) is 8.06. The molecule has 39 heavy (non-hydrogen) atoms. The smallest absolute Gasteiger partial charge is 0.339 e. The lowest BCUT2D eigenvalue weighted by atomic mass is 10.1. The maximum atomic E-state index is 13.0. The number of benzene rings is 3. The van der Waals surface area contributed by atoms with Gasteiger partial charge in [0.2, 0.25) is 5.91 Å². The molecule has 0 spiro atoms. The monoisotopic (exact) mass is 604 g/mol. The van der Waals surface area contributed by atoms with Gasteiger partial charge >= 0.3 is 5.97 Å². The first-order valence-electron chi connectivity index (χ1n) is 11.2. The summed E-state index contributed by atoms with van der Waals surface area (Å²) in [5, 5.41) is 3.07. The highest BCUT2D eigenvalue weighted by atomic mass is 35.5. The third kappa shape index (κ3) is 6.93. The van der Waals surface area contributed by atoms with Gasteiger partial charge < -0.3 is 14.8 Å². The minimum atomic E-state index is -0.673. The van der Waals surface area contributed by atoms with E-state index in [1.165, 1.54) is 31.4 Å². The summed E-state index contributed by atoms with van der Waals surface area (Å²) in [5.41, 5.74) is 1.60. The van der Waals surface area contributed by atoms with Crippen molar-refractivity contribution in [1.29, 1.82) is 0 Å². The normalized spacial score (nSPS) is 14.1. The molecule has 3 aromatic carbocycles. The molecule has 0 bridgehead atoms. The van der Waals surface area contributed by atoms with Gasteiger partial charge in [0.15, 0.2) is 0 Å². The number of esters is 1. The van der Waals surface area contributed by atoms with Crippen LogP contribution >= 0.6 is 46.6 Å². The summed E-state index contributed by atoms with van der Waals surface area (Å²) in [6.07, 6.45) is 1.53. The second kappa shape index (κ2) is 12.6. The number of nitrogens with one attached hydrogen (secondary N) is 1. The van der Waals surface area contributed by atoms with Crippen LogP contribution < -0.4 is 10.1 Å². The molecular formula is C27H19Cl3N2O6S. The number of imide groups is 1. The highest BCUT2D eigenvalue weighted by Gasteiger charge is 2.36. The molecule has 3 amide bonds. The summed E-state index contributed by atoms with van der Waals surface area (Å²) >= 11 is 18.9. The molecule has 0 radical (unpaired) electrons. The van der Waals surface area contributed by atoms with Gasteiger partial charge in [-0.2, -0.15) is 0 Å². The maximum absolute atomic E-state index is 13.0. The zero-order chi connectivity index (χ0) is 28.1.